The zero-order valence-electron chi connectivity index (χ0n) is 14.8. The maximum Gasteiger partial charge on any atom is 0.265 e. The average Bonchev–Trinajstić information content (AvgIpc) is 2.66. The van der Waals surface area contributed by atoms with Gasteiger partial charge in [-0.05, 0) is 36.8 Å². The van der Waals surface area contributed by atoms with Gasteiger partial charge in [-0.2, -0.15) is 0 Å². The summed E-state index contributed by atoms with van der Waals surface area (Å²) in [6.07, 6.45) is 0.245. The van der Waals surface area contributed by atoms with Crippen LogP contribution in [0.15, 0.2) is 48.5 Å². The van der Waals surface area contributed by atoms with Crippen LogP contribution in [-0.2, 0) is 9.59 Å². The number of halogens is 1. The third kappa shape index (κ3) is 3.83. The van der Waals surface area contributed by atoms with E-state index in [-0.39, 0.29) is 30.9 Å². The third-order valence-electron chi connectivity index (χ3n) is 4.68. The van der Waals surface area contributed by atoms with Gasteiger partial charge in [-0.25, -0.2) is 0 Å². The Morgan fingerprint density at radius 1 is 1.23 bits per heavy atom. The highest BCUT2D eigenvalue weighted by Gasteiger charge is 2.26. The molecule has 26 heavy (non-hydrogen) atoms. The predicted molar refractivity (Wildman–Crippen MR) is 102 cm³/mol. The molecule has 1 aliphatic heterocycles. The fourth-order valence-electron chi connectivity index (χ4n) is 2.96. The number of fused-ring (bicyclic) bond motifs is 1. The van der Waals surface area contributed by atoms with Crippen LogP contribution in [-0.4, -0.2) is 36.9 Å². The van der Waals surface area contributed by atoms with Gasteiger partial charge in [0.1, 0.15) is 5.75 Å². The topological polar surface area (TPSA) is 49.9 Å². The molecule has 0 N–H and O–H groups in total. The van der Waals surface area contributed by atoms with Crippen LogP contribution in [0.1, 0.15) is 24.9 Å². The summed E-state index contributed by atoms with van der Waals surface area (Å²) in [4.78, 5) is 28.1. The maximum absolute atomic E-state index is 12.6. The summed E-state index contributed by atoms with van der Waals surface area (Å²) in [5, 5.41) is 0.666. The summed E-state index contributed by atoms with van der Waals surface area (Å²) in [5.41, 5.74) is 1.72. The van der Waals surface area contributed by atoms with Crippen molar-refractivity contribution in [1.29, 1.82) is 0 Å². The van der Waals surface area contributed by atoms with E-state index >= 15 is 0 Å². The first-order chi connectivity index (χ1) is 12.5. The van der Waals surface area contributed by atoms with Crippen LogP contribution >= 0.6 is 11.6 Å². The average molecular weight is 373 g/mol. The SMILES string of the molecule is C[C@H](c1ccc(Cl)cc1)N(C)C(=O)CCN1C(=O)COc2ccccc21. The number of amides is 2. The molecule has 0 saturated carbocycles. The lowest BCUT2D eigenvalue weighted by atomic mass is 10.1. The van der Waals surface area contributed by atoms with Crippen LogP contribution in [0.25, 0.3) is 0 Å². The van der Waals surface area contributed by atoms with E-state index in [1.165, 1.54) is 0 Å². The number of nitrogens with zero attached hydrogens (tertiary/aromatic N) is 2. The van der Waals surface area contributed by atoms with Crippen molar-refractivity contribution in [3.05, 3.63) is 59.1 Å². The van der Waals surface area contributed by atoms with Crippen LogP contribution in [0.2, 0.25) is 5.02 Å². The second-order valence-corrected chi connectivity index (χ2v) is 6.72. The first kappa shape index (κ1) is 18.3. The number of benzene rings is 2. The molecule has 0 unspecified atom stereocenters. The molecule has 3 rings (SSSR count). The fourth-order valence-corrected chi connectivity index (χ4v) is 3.09. The van der Waals surface area contributed by atoms with Gasteiger partial charge in [0.25, 0.3) is 5.91 Å². The van der Waals surface area contributed by atoms with Gasteiger partial charge < -0.3 is 14.5 Å². The van der Waals surface area contributed by atoms with Crippen molar-refractivity contribution in [3.8, 4) is 5.75 Å². The molecule has 0 radical (unpaired) electrons. The first-order valence-electron chi connectivity index (χ1n) is 8.50. The zero-order chi connectivity index (χ0) is 18.7. The minimum Gasteiger partial charge on any atom is -0.482 e. The second kappa shape index (κ2) is 7.79. The van der Waals surface area contributed by atoms with Gasteiger partial charge in [-0.3, -0.25) is 9.59 Å². The van der Waals surface area contributed by atoms with Crippen molar-refractivity contribution in [2.24, 2.45) is 0 Å². The van der Waals surface area contributed by atoms with E-state index in [2.05, 4.69) is 0 Å². The van der Waals surface area contributed by atoms with Gasteiger partial charge in [0, 0.05) is 25.0 Å². The molecule has 0 fully saturated rings. The second-order valence-electron chi connectivity index (χ2n) is 6.28. The molecule has 0 aliphatic carbocycles. The molecule has 0 spiro atoms. The molecule has 1 heterocycles. The number of hydrogen-bond donors (Lipinski definition) is 0. The quantitative estimate of drug-likeness (QED) is 0.804. The molecule has 1 atom stereocenters. The van der Waals surface area contributed by atoms with Gasteiger partial charge >= 0.3 is 0 Å². The molecule has 2 amide bonds. The summed E-state index contributed by atoms with van der Waals surface area (Å²) >= 11 is 5.92. The Labute approximate surface area is 158 Å². The minimum absolute atomic E-state index is 0.00220. The smallest absolute Gasteiger partial charge is 0.265 e. The molecule has 2 aromatic rings. The minimum atomic E-state index is -0.134. The lowest BCUT2D eigenvalue weighted by Gasteiger charge is -2.30. The van der Waals surface area contributed by atoms with E-state index in [1.54, 1.807) is 16.8 Å². The van der Waals surface area contributed by atoms with Gasteiger partial charge in [0.05, 0.1) is 11.7 Å². The Morgan fingerprint density at radius 3 is 2.65 bits per heavy atom. The highest BCUT2D eigenvalue weighted by atomic mass is 35.5. The number of anilines is 1. The van der Waals surface area contributed by atoms with Crippen molar-refractivity contribution >= 4 is 29.1 Å². The molecular formula is C20H21ClN2O3. The van der Waals surface area contributed by atoms with Crippen LogP contribution in [0, 0.1) is 0 Å². The summed E-state index contributed by atoms with van der Waals surface area (Å²) < 4.78 is 5.43. The van der Waals surface area contributed by atoms with Gasteiger partial charge in [0.15, 0.2) is 6.61 Å². The van der Waals surface area contributed by atoms with E-state index in [0.717, 1.165) is 5.56 Å². The maximum atomic E-state index is 12.6. The standard InChI is InChI=1S/C20H21ClN2O3/c1-14(15-7-9-16(21)10-8-15)22(2)19(24)11-12-23-17-5-3-4-6-18(17)26-13-20(23)25/h3-10,14H,11-13H2,1-2H3/t14-/m1/s1. The van der Waals surface area contributed by atoms with Crippen molar-refractivity contribution in [1.82, 2.24) is 4.90 Å². The molecule has 1 aliphatic rings. The first-order valence-corrected chi connectivity index (χ1v) is 8.88. The Bertz CT molecular complexity index is 807. The normalized spacial score (nSPS) is 14.4. The van der Waals surface area contributed by atoms with Crippen LogP contribution < -0.4 is 9.64 Å². The van der Waals surface area contributed by atoms with E-state index in [0.29, 0.717) is 23.0 Å². The van der Waals surface area contributed by atoms with Crippen LogP contribution in [0.4, 0.5) is 5.69 Å². The van der Waals surface area contributed by atoms with E-state index in [1.807, 2.05) is 55.5 Å². The number of rotatable bonds is 5. The van der Waals surface area contributed by atoms with Crippen molar-refractivity contribution in [3.63, 3.8) is 0 Å². The van der Waals surface area contributed by atoms with Crippen molar-refractivity contribution < 1.29 is 14.3 Å². The van der Waals surface area contributed by atoms with E-state index in [9.17, 15) is 9.59 Å². The van der Waals surface area contributed by atoms with Crippen LogP contribution in [0.5, 0.6) is 5.75 Å². The molecule has 136 valence electrons. The summed E-state index contributed by atoms with van der Waals surface area (Å²) in [6, 6.07) is 14.8. The Morgan fingerprint density at radius 2 is 1.92 bits per heavy atom. The molecule has 6 heteroatoms. The van der Waals surface area contributed by atoms with Gasteiger partial charge in [-0.1, -0.05) is 35.9 Å². The third-order valence-corrected chi connectivity index (χ3v) is 4.94. The lowest BCUT2D eigenvalue weighted by Crippen LogP contribution is -2.41. The monoisotopic (exact) mass is 372 g/mol. The number of ether oxygens (including phenoxy) is 1. The number of carbonyl (C=O) groups is 2. The van der Waals surface area contributed by atoms with Crippen molar-refractivity contribution in [2.45, 2.75) is 19.4 Å². The zero-order valence-corrected chi connectivity index (χ0v) is 15.6. The Balaban J connectivity index is 1.65. The molecular weight excluding hydrogens is 352 g/mol. The molecule has 0 saturated heterocycles. The number of carbonyl (C=O) groups excluding carboxylic acids is 2. The fraction of sp³-hybridized carbons (Fsp3) is 0.300. The Kier molecular flexibility index (Phi) is 5.47. The summed E-state index contributed by atoms with van der Waals surface area (Å²) in [5.74, 6) is 0.511. The van der Waals surface area contributed by atoms with Crippen molar-refractivity contribution in [2.75, 3.05) is 25.1 Å². The molecule has 0 bridgehead atoms. The predicted octanol–water partition coefficient (Wildman–Crippen LogP) is 3.68. The molecule has 0 aromatic heterocycles. The van der Waals surface area contributed by atoms with E-state index < -0.39 is 0 Å². The van der Waals surface area contributed by atoms with Crippen LogP contribution in [0.3, 0.4) is 0 Å². The molecule has 2 aromatic carbocycles. The highest BCUT2D eigenvalue weighted by molar-refractivity contribution is 6.30. The lowest BCUT2D eigenvalue weighted by molar-refractivity contribution is -0.131. The van der Waals surface area contributed by atoms with Gasteiger partial charge in [0.2, 0.25) is 5.91 Å². The van der Waals surface area contributed by atoms with E-state index in [4.69, 9.17) is 16.3 Å². The highest BCUT2D eigenvalue weighted by Crippen LogP contribution is 2.31. The Hall–Kier alpha value is -2.53. The number of para-hydroxylation sites is 2. The molecule has 5 nitrogen and oxygen atoms in total. The summed E-state index contributed by atoms with van der Waals surface area (Å²) in [6.45, 7) is 2.30. The summed E-state index contributed by atoms with van der Waals surface area (Å²) in [7, 11) is 1.77. The van der Waals surface area contributed by atoms with Gasteiger partial charge in [-0.15, -0.1) is 0 Å². The number of hydrogen-bond acceptors (Lipinski definition) is 3. The largest absolute Gasteiger partial charge is 0.482 e.